The lowest BCUT2D eigenvalue weighted by Gasteiger charge is -2.02. The first-order valence-corrected chi connectivity index (χ1v) is 4.39. The number of methoxy groups -OCH3 is 1. The number of benzene rings is 1. The first kappa shape index (κ1) is 8.81. The standard InChI is InChI=1S/C11H11NO2/c1-7(14-2)10-8-5-3-4-6-9(8)12-11(10)13/h3-6H,1-2H3,(H,12,13)/b10-7+. The maximum absolute atomic E-state index is 11.6. The Kier molecular flexibility index (Phi) is 2.00. The second-order valence-corrected chi connectivity index (χ2v) is 3.14. The maximum Gasteiger partial charge on any atom is 0.259 e. The largest absolute Gasteiger partial charge is 0.501 e. The van der Waals surface area contributed by atoms with Crippen molar-refractivity contribution >= 4 is 17.2 Å². The molecule has 0 saturated carbocycles. The fourth-order valence-electron chi connectivity index (χ4n) is 1.57. The molecule has 2 rings (SSSR count). The number of allylic oxidation sites excluding steroid dienone is 1. The van der Waals surface area contributed by atoms with Crippen LogP contribution in [0.3, 0.4) is 0 Å². The minimum Gasteiger partial charge on any atom is -0.501 e. The number of hydrogen-bond donors (Lipinski definition) is 1. The Hall–Kier alpha value is -1.77. The molecule has 1 N–H and O–H groups in total. The van der Waals surface area contributed by atoms with Crippen molar-refractivity contribution in [2.75, 3.05) is 12.4 Å². The molecule has 1 aromatic carbocycles. The molecule has 0 unspecified atom stereocenters. The summed E-state index contributed by atoms with van der Waals surface area (Å²) < 4.78 is 5.08. The summed E-state index contributed by atoms with van der Waals surface area (Å²) in [6.07, 6.45) is 0. The van der Waals surface area contributed by atoms with Gasteiger partial charge < -0.3 is 10.1 Å². The van der Waals surface area contributed by atoms with Crippen LogP contribution in [0, 0.1) is 0 Å². The van der Waals surface area contributed by atoms with Gasteiger partial charge >= 0.3 is 0 Å². The Balaban J connectivity index is 2.61. The van der Waals surface area contributed by atoms with E-state index in [2.05, 4.69) is 5.32 Å². The van der Waals surface area contributed by atoms with E-state index >= 15 is 0 Å². The van der Waals surface area contributed by atoms with Gasteiger partial charge in [-0.2, -0.15) is 0 Å². The molecule has 72 valence electrons. The van der Waals surface area contributed by atoms with Gasteiger partial charge in [-0.3, -0.25) is 4.79 Å². The molecule has 1 aromatic rings. The van der Waals surface area contributed by atoms with Crippen LogP contribution < -0.4 is 5.32 Å². The molecule has 0 aromatic heterocycles. The van der Waals surface area contributed by atoms with Crippen molar-refractivity contribution in [3.63, 3.8) is 0 Å². The summed E-state index contributed by atoms with van der Waals surface area (Å²) >= 11 is 0. The summed E-state index contributed by atoms with van der Waals surface area (Å²) in [7, 11) is 1.57. The fraction of sp³-hybridized carbons (Fsp3) is 0.182. The zero-order chi connectivity index (χ0) is 10.1. The monoisotopic (exact) mass is 189 g/mol. The van der Waals surface area contributed by atoms with Gasteiger partial charge in [0.15, 0.2) is 0 Å². The number of fused-ring (bicyclic) bond motifs is 1. The summed E-state index contributed by atoms with van der Waals surface area (Å²) in [5, 5.41) is 2.79. The van der Waals surface area contributed by atoms with E-state index in [9.17, 15) is 4.79 Å². The summed E-state index contributed by atoms with van der Waals surface area (Å²) in [6.45, 7) is 1.79. The van der Waals surface area contributed by atoms with Gasteiger partial charge in [0.25, 0.3) is 5.91 Å². The molecule has 1 aliphatic heterocycles. The number of hydrogen-bond acceptors (Lipinski definition) is 2. The second kappa shape index (κ2) is 3.18. The molecule has 1 aliphatic rings. The average molecular weight is 189 g/mol. The SMILES string of the molecule is CO/C(C)=C1/C(=O)Nc2ccccc21. The predicted octanol–water partition coefficient (Wildman–Crippen LogP) is 2.02. The first-order valence-electron chi connectivity index (χ1n) is 4.39. The molecule has 0 fully saturated rings. The van der Waals surface area contributed by atoms with Crippen LogP contribution in [-0.2, 0) is 9.53 Å². The van der Waals surface area contributed by atoms with E-state index in [1.807, 2.05) is 24.3 Å². The molecular formula is C11H11NO2. The molecule has 3 heteroatoms. The fourth-order valence-corrected chi connectivity index (χ4v) is 1.57. The highest BCUT2D eigenvalue weighted by Crippen LogP contribution is 2.33. The van der Waals surface area contributed by atoms with Crippen LogP contribution in [0.15, 0.2) is 30.0 Å². The smallest absolute Gasteiger partial charge is 0.259 e. The molecule has 0 radical (unpaired) electrons. The first-order chi connectivity index (χ1) is 6.74. The van der Waals surface area contributed by atoms with Crippen LogP contribution in [-0.4, -0.2) is 13.0 Å². The van der Waals surface area contributed by atoms with Crippen LogP contribution in [0.25, 0.3) is 5.57 Å². The van der Waals surface area contributed by atoms with Gasteiger partial charge in [0.2, 0.25) is 0 Å². The highest BCUT2D eigenvalue weighted by molar-refractivity contribution is 6.31. The van der Waals surface area contributed by atoms with Gasteiger partial charge in [0, 0.05) is 11.3 Å². The molecule has 0 bridgehead atoms. The topological polar surface area (TPSA) is 38.3 Å². The minimum atomic E-state index is -0.0921. The van der Waals surface area contributed by atoms with Gasteiger partial charge in [-0.05, 0) is 13.0 Å². The highest BCUT2D eigenvalue weighted by atomic mass is 16.5. The van der Waals surface area contributed by atoms with E-state index < -0.39 is 0 Å². The van der Waals surface area contributed by atoms with Crippen LogP contribution in [0.2, 0.25) is 0 Å². The van der Waals surface area contributed by atoms with Crippen molar-refractivity contribution in [2.24, 2.45) is 0 Å². The van der Waals surface area contributed by atoms with Crippen molar-refractivity contribution < 1.29 is 9.53 Å². The predicted molar refractivity (Wildman–Crippen MR) is 54.7 cm³/mol. The number of carbonyl (C=O) groups is 1. The van der Waals surface area contributed by atoms with Crippen LogP contribution in [0.1, 0.15) is 12.5 Å². The van der Waals surface area contributed by atoms with E-state index in [-0.39, 0.29) is 5.91 Å². The number of amides is 1. The Bertz CT molecular complexity index is 421. The molecular weight excluding hydrogens is 178 g/mol. The number of rotatable bonds is 1. The quantitative estimate of drug-likeness (QED) is 0.542. The lowest BCUT2D eigenvalue weighted by atomic mass is 10.1. The van der Waals surface area contributed by atoms with Crippen molar-refractivity contribution in [2.45, 2.75) is 6.92 Å². The van der Waals surface area contributed by atoms with Gasteiger partial charge in [-0.15, -0.1) is 0 Å². The number of ether oxygens (including phenoxy) is 1. The molecule has 1 amide bonds. The zero-order valence-corrected chi connectivity index (χ0v) is 8.13. The lowest BCUT2D eigenvalue weighted by Crippen LogP contribution is -2.05. The third-order valence-corrected chi connectivity index (χ3v) is 2.33. The summed E-state index contributed by atoms with van der Waals surface area (Å²) in [6, 6.07) is 7.58. The zero-order valence-electron chi connectivity index (χ0n) is 8.13. The molecule has 0 atom stereocenters. The van der Waals surface area contributed by atoms with Crippen molar-refractivity contribution in [1.29, 1.82) is 0 Å². The number of anilines is 1. The van der Waals surface area contributed by atoms with Gasteiger partial charge in [-0.25, -0.2) is 0 Å². The summed E-state index contributed by atoms with van der Waals surface area (Å²) in [5.74, 6) is 0.554. The number of nitrogens with one attached hydrogen (secondary N) is 1. The van der Waals surface area contributed by atoms with Crippen LogP contribution in [0.5, 0.6) is 0 Å². The third-order valence-electron chi connectivity index (χ3n) is 2.33. The molecule has 0 saturated heterocycles. The normalized spacial score (nSPS) is 17.4. The van der Waals surface area contributed by atoms with Gasteiger partial charge in [0.05, 0.1) is 12.7 Å². The van der Waals surface area contributed by atoms with E-state index in [1.165, 1.54) is 0 Å². The molecule has 3 nitrogen and oxygen atoms in total. The molecule has 0 aliphatic carbocycles. The highest BCUT2D eigenvalue weighted by Gasteiger charge is 2.25. The Morgan fingerprint density at radius 2 is 2.07 bits per heavy atom. The van der Waals surface area contributed by atoms with Crippen LogP contribution >= 0.6 is 0 Å². The second-order valence-electron chi connectivity index (χ2n) is 3.14. The van der Waals surface area contributed by atoms with E-state index in [0.29, 0.717) is 11.3 Å². The maximum atomic E-state index is 11.6. The van der Waals surface area contributed by atoms with Gasteiger partial charge in [0.1, 0.15) is 5.76 Å². The van der Waals surface area contributed by atoms with E-state index in [0.717, 1.165) is 11.3 Å². The van der Waals surface area contributed by atoms with Crippen molar-refractivity contribution in [3.8, 4) is 0 Å². The molecule has 14 heavy (non-hydrogen) atoms. The Morgan fingerprint density at radius 1 is 1.36 bits per heavy atom. The lowest BCUT2D eigenvalue weighted by molar-refractivity contribution is -0.110. The van der Waals surface area contributed by atoms with Crippen molar-refractivity contribution in [3.05, 3.63) is 35.6 Å². The van der Waals surface area contributed by atoms with Crippen LogP contribution in [0.4, 0.5) is 5.69 Å². The summed E-state index contributed by atoms with van der Waals surface area (Å²) in [5.41, 5.74) is 2.39. The third kappa shape index (κ3) is 1.18. The number of para-hydroxylation sites is 1. The molecule has 1 heterocycles. The average Bonchev–Trinajstić information content (AvgIpc) is 2.53. The van der Waals surface area contributed by atoms with E-state index in [4.69, 9.17) is 4.74 Å². The van der Waals surface area contributed by atoms with Gasteiger partial charge in [-0.1, -0.05) is 18.2 Å². The molecule has 0 spiro atoms. The Labute approximate surface area is 82.4 Å². The minimum absolute atomic E-state index is 0.0921. The Morgan fingerprint density at radius 3 is 2.79 bits per heavy atom. The van der Waals surface area contributed by atoms with Crippen molar-refractivity contribution in [1.82, 2.24) is 0 Å². The van der Waals surface area contributed by atoms with E-state index in [1.54, 1.807) is 14.0 Å². The number of carbonyl (C=O) groups excluding carboxylic acids is 1. The summed E-state index contributed by atoms with van der Waals surface area (Å²) in [4.78, 5) is 11.6.